The van der Waals surface area contributed by atoms with E-state index in [1.54, 1.807) is 0 Å². The molecule has 6 nitrogen and oxygen atoms in total. The summed E-state index contributed by atoms with van der Waals surface area (Å²) in [6.45, 7) is 13.5. The number of carbonyl (C=O) groups is 2. The van der Waals surface area contributed by atoms with Crippen molar-refractivity contribution in [2.24, 2.45) is 0 Å². The summed E-state index contributed by atoms with van der Waals surface area (Å²) < 4.78 is 11.6. The molecular weight excluding hydrogens is 524 g/mol. The molecule has 0 saturated carbocycles. The summed E-state index contributed by atoms with van der Waals surface area (Å²) in [5.74, 6) is -0.377. The Kier molecular flexibility index (Phi) is 18.5. The van der Waals surface area contributed by atoms with E-state index in [0.29, 0.717) is 13.1 Å². The first-order chi connectivity index (χ1) is 20.5. The van der Waals surface area contributed by atoms with E-state index in [4.69, 9.17) is 9.47 Å². The molecule has 234 valence electrons. The van der Waals surface area contributed by atoms with Crippen LogP contribution >= 0.6 is 0 Å². The number of carbonyl (C=O) groups excluding carboxylic acids is 2. The molecule has 0 amide bonds. The lowest BCUT2D eigenvalue weighted by molar-refractivity contribution is -0.147. The molecule has 2 aromatic carbocycles. The summed E-state index contributed by atoms with van der Waals surface area (Å²) in [5.41, 5.74) is 3.87. The number of nitrogens with zero attached hydrogens (tertiary/aromatic N) is 2. The number of hydrogen-bond acceptors (Lipinski definition) is 6. The van der Waals surface area contributed by atoms with E-state index >= 15 is 0 Å². The molecule has 0 spiro atoms. The van der Waals surface area contributed by atoms with Crippen LogP contribution in [0.15, 0.2) is 48.5 Å². The normalized spacial score (nSPS) is 11.3. The van der Waals surface area contributed by atoms with Gasteiger partial charge in [-0.05, 0) is 74.1 Å². The van der Waals surface area contributed by atoms with E-state index in [0.717, 1.165) is 87.0 Å². The third-order valence-electron chi connectivity index (χ3n) is 7.62. The molecule has 2 aromatic rings. The van der Waals surface area contributed by atoms with Crippen molar-refractivity contribution in [3.05, 3.63) is 59.7 Å². The second kappa shape index (κ2) is 21.9. The Labute approximate surface area is 255 Å². The zero-order chi connectivity index (χ0) is 30.4. The van der Waals surface area contributed by atoms with Gasteiger partial charge in [0.2, 0.25) is 0 Å². The Balaban J connectivity index is 2.03. The minimum atomic E-state index is -0.189. The molecule has 0 aromatic heterocycles. The lowest BCUT2D eigenvalue weighted by Crippen LogP contribution is -2.32. The molecule has 0 aliphatic carbocycles. The molecule has 42 heavy (non-hydrogen) atoms. The van der Waals surface area contributed by atoms with E-state index in [-0.39, 0.29) is 25.2 Å². The third-order valence-corrected chi connectivity index (χ3v) is 7.62. The molecular formula is C36H56N2O4. The highest BCUT2D eigenvalue weighted by Crippen LogP contribution is 2.28. The zero-order valence-corrected chi connectivity index (χ0v) is 26.9. The minimum absolute atomic E-state index is 0.189. The van der Waals surface area contributed by atoms with Gasteiger partial charge in [-0.2, -0.15) is 0 Å². The lowest BCUT2D eigenvalue weighted by Gasteiger charge is -2.21. The largest absolute Gasteiger partial charge is 0.460 e. The first kappa shape index (κ1) is 35.5. The van der Waals surface area contributed by atoms with Gasteiger partial charge in [-0.3, -0.25) is 19.4 Å². The van der Waals surface area contributed by atoms with Gasteiger partial charge in [0.25, 0.3) is 0 Å². The smallest absolute Gasteiger partial charge is 0.320 e. The topological polar surface area (TPSA) is 59.1 Å². The van der Waals surface area contributed by atoms with Gasteiger partial charge in [-0.1, -0.05) is 115 Å². The predicted molar refractivity (Wildman–Crippen MR) is 173 cm³/mol. The average molecular weight is 581 g/mol. The summed E-state index contributed by atoms with van der Waals surface area (Å²) >= 11 is 0. The van der Waals surface area contributed by atoms with E-state index in [9.17, 15) is 9.59 Å². The van der Waals surface area contributed by atoms with Gasteiger partial charge in [0.15, 0.2) is 0 Å². The van der Waals surface area contributed by atoms with Gasteiger partial charge in [0.1, 0.15) is 13.2 Å². The van der Waals surface area contributed by atoms with Crippen molar-refractivity contribution < 1.29 is 19.1 Å². The van der Waals surface area contributed by atoms with Crippen LogP contribution in [0.3, 0.4) is 0 Å². The summed E-state index contributed by atoms with van der Waals surface area (Å²) in [5, 5.41) is 0. The molecule has 2 rings (SSSR count). The molecule has 0 fully saturated rings. The number of benzene rings is 2. The van der Waals surface area contributed by atoms with Gasteiger partial charge < -0.3 is 9.47 Å². The SMILES string of the molecule is CCCCCN(CCCC)CC(=O)OCc1ccccc1-c1ccccc1COC(=O)CN(CCCC)CCCCC. The van der Waals surface area contributed by atoms with Crippen LogP contribution in [0, 0.1) is 0 Å². The van der Waals surface area contributed by atoms with Gasteiger partial charge >= 0.3 is 11.9 Å². The Morgan fingerprint density at radius 3 is 1.26 bits per heavy atom. The van der Waals surface area contributed by atoms with Gasteiger partial charge in [-0.15, -0.1) is 0 Å². The Morgan fingerprint density at radius 1 is 0.524 bits per heavy atom. The van der Waals surface area contributed by atoms with Crippen molar-refractivity contribution in [1.82, 2.24) is 9.80 Å². The molecule has 0 aliphatic heterocycles. The molecule has 0 aliphatic rings. The zero-order valence-electron chi connectivity index (χ0n) is 26.9. The van der Waals surface area contributed by atoms with Crippen LogP contribution in [0.4, 0.5) is 0 Å². The second-order valence-electron chi connectivity index (χ2n) is 11.3. The average Bonchev–Trinajstić information content (AvgIpc) is 3.00. The van der Waals surface area contributed by atoms with Crippen LogP contribution in [0.25, 0.3) is 11.1 Å². The summed E-state index contributed by atoms with van der Waals surface area (Å²) in [6.07, 6.45) is 11.3. The minimum Gasteiger partial charge on any atom is -0.460 e. The molecule has 0 atom stereocenters. The molecule has 0 N–H and O–H groups in total. The summed E-state index contributed by atoms with van der Waals surface area (Å²) in [4.78, 5) is 30.1. The number of rotatable bonds is 23. The highest BCUT2D eigenvalue weighted by molar-refractivity contribution is 5.74. The maximum Gasteiger partial charge on any atom is 0.320 e. The Hall–Kier alpha value is -2.70. The molecule has 0 unspecified atom stereocenters. The van der Waals surface area contributed by atoms with Crippen molar-refractivity contribution in [3.63, 3.8) is 0 Å². The molecule has 0 radical (unpaired) electrons. The number of esters is 2. The fourth-order valence-corrected chi connectivity index (χ4v) is 5.06. The van der Waals surface area contributed by atoms with Crippen LogP contribution in [0.1, 0.15) is 103 Å². The Morgan fingerprint density at radius 2 is 0.881 bits per heavy atom. The van der Waals surface area contributed by atoms with E-state index in [2.05, 4.69) is 37.5 Å². The quantitative estimate of drug-likeness (QED) is 0.0980. The highest BCUT2D eigenvalue weighted by Gasteiger charge is 2.16. The van der Waals surface area contributed by atoms with Gasteiger partial charge in [-0.25, -0.2) is 0 Å². The van der Waals surface area contributed by atoms with Crippen molar-refractivity contribution in [2.45, 2.75) is 105 Å². The van der Waals surface area contributed by atoms with Crippen molar-refractivity contribution in [2.75, 3.05) is 39.3 Å². The molecule has 0 heterocycles. The van der Waals surface area contributed by atoms with Crippen LogP contribution in [-0.2, 0) is 32.3 Å². The monoisotopic (exact) mass is 580 g/mol. The maximum atomic E-state index is 12.8. The van der Waals surface area contributed by atoms with Crippen LogP contribution in [0.2, 0.25) is 0 Å². The molecule has 6 heteroatoms. The van der Waals surface area contributed by atoms with Gasteiger partial charge in [0.05, 0.1) is 13.1 Å². The van der Waals surface area contributed by atoms with Crippen molar-refractivity contribution in [1.29, 1.82) is 0 Å². The van der Waals surface area contributed by atoms with Crippen molar-refractivity contribution in [3.8, 4) is 11.1 Å². The first-order valence-electron chi connectivity index (χ1n) is 16.4. The van der Waals surface area contributed by atoms with E-state index < -0.39 is 0 Å². The van der Waals surface area contributed by atoms with E-state index in [1.165, 1.54) is 25.7 Å². The summed E-state index contributed by atoms with van der Waals surface area (Å²) in [6, 6.07) is 16.0. The van der Waals surface area contributed by atoms with E-state index in [1.807, 2.05) is 48.5 Å². The lowest BCUT2D eigenvalue weighted by atomic mass is 9.96. The van der Waals surface area contributed by atoms with Crippen LogP contribution in [0.5, 0.6) is 0 Å². The van der Waals surface area contributed by atoms with Gasteiger partial charge in [0, 0.05) is 0 Å². The molecule has 0 bridgehead atoms. The van der Waals surface area contributed by atoms with Crippen LogP contribution in [-0.4, -0.2) is 61.0 Å². The summed E-state index contributed by atoms with van der Waals surface area (Å²) in [7, 11) is 0. The van der Waals surface area contributed by atoms with Crippen LogP contribution < -0.4 is 0 Å². The predicted octanol–water partition coefficient (Wildman–Crippen LogP) is 8.02. The van der Waals surface area contributed by atoms with Crippen molar-refractivity contribution >= 4 is 11.9 Å². The highest BCUT2D eigenvalue weighted by atomic mass is 16.5. The standard InChI is InChI=1S/C36H56N2O4/c1-5-9-17-25-37(23-11-7-3)27-35(39)41-29-31-19-13-15-21-33(31)34-22-16-14-20-32(34)30-42-36(40)28-38(24-12-8-4)26-18-10-6-2/h13-16,19-22H,5-12,17-18,23-30H2,1-4H3. The fraction of sp³-hybridized carbons (Fsp3) is 0.611. The number of ether oxygens (including phenoxy) is 2. The number of hydrogen-bond donors (Lipinski definition) is 0. The maximum absolute atomic E-state index is 12.8. The second-order valence-corrected chi connectivity index (χ2v) is 11.3. The Bertz CT molecular complexity index is 943. The molecule has 0 saturated heterocycles. The first-order valence-corrected chi connectivity index (χ1v) is 16.4. The fourth-order valence-electron chi connectivity index (χ4n) is 5.06. The third kappa shape index (κ3) is 14.0. The number of unbranched alkanes of at least 4 members (excludes halogenated alkanes) is 6.